The fourth-order valence-corrected chi connectivity index (χ4v) is 3.76. The lowest BCUT2D eigenvalue weighted by Crippen LogP contribution is -1.83. The third-order valence-corrected chi connectivity index (χ3v) is 5.12. The second kappa shape index (κ2) is 5.83. The molecule has 3 heterocycles. The molecule has 3 aromatic carbocycles. The van der Waals surface area contributed by atoms with Gasteiger partial charge < -0.3 is 8.83 Å². The number of benzene rings is 3. The van der Waals surface area contributed by atoms with Crippen LogP contribution < -0.4 is 0 Å². The molecular formula is C25H15NO2. The van der Waals surface area contributed by atoms with Crippen LogP contribution in [0.3, 0.4) is 0 Å². The summed E-state index contributed by atoms with van der Waals surface area (Å²) in [7, 11) is 0. The molecule has 0 bridgehead atoms. The fraction of sp³-hybridized carbons (Fsp3) is 0. The first kappa shape index (κ1) is 15.2. The van der Waals surface area contributed by atoms with Crippen LogP contribution >= 0.6 is 0 Å². The Balaban J connectivity index is 1.55. The molecule has 0 aliphatic rings. The Hall–Kier alpha value is -3.85. The van der Waals surface area contributed by atoms with Crippen molar-refractivity contribution in [1.82, 2.24) is 4.98 Å². The SMILES string of the molecule is c1ccc(-c2cc3ccc(-c4cccc5c4oc4ccccc45)nc3o2)cc1. The zero-order valence-electron chi connectivity index (χ0n) is 14.9. The Labute approximate surface area is 160 Å². The predicted octanol–water partition coefficient (Wildman–Crippen LogP) is 7.06. The lowest BCUT2D eigenvalue weighted by molar-refractivity contribution is 0.619. The summed E-state index contributed by atoms with van der Waals surface area (Å²) < 4.78 is 12.2. The van der Waals surface area contributed by atoms with Gasteiger partial charge in [-0.3, -0.25) is 0 Å². The first-order chi connectivity index (χ1) is 13.9. The number of furan rings is 2. The van der Waals surface area contributed by atoms with Crippen LogP contribution in [0.2, 0.25) is 0 Å². The van der Waals surface area contributed by atoms with E-state index in [1.807, 2.05) is 72.8 Å². The first-order valence-electron chi connectivity index (χ1n) is 9.23. The van der Waals surface area contributed by atoms with Crippen molar-refractivity contribution < 1.29 is 8.83 Å². The van der Waals surface area contributed by atoms with Crippen molar-refractivity contribution in [3.8, 4) is 22.6 Å². The lowest BCUT2D eigenvalue weighted by atomic mass is 10.1. The minimum absolute atomic E-state index is 0.629. The molecule has 132 valence electrons. The van der Waals surface area contributed by atoms with E-state index in [0.29, 0.717) is 5.71 Å². The first-order valence-corrected chi connectivity index (χ1v) is 9.23. The number of rotatable bonds is 2. The van der Waals surface area contributed by atoms with E-state index in [-0.39, 0.29) is 0 Å². The van der Waals surface area contributed by atoms with Gasteiger partial charge in [-0.2, -0.15) is 0 Å². The summed E-state index contributed by atoms with van der Waals surface area (Å²) in [6, 6.07) is 30.4. The van der Waals surface area contributed by atoms with Crippen LogP contribution in [-0.4, -0.2) is 4.98 Å². The van der Waals surface area contributed by atoms with Crippen LogP contribution in [-0.2, 0) is 0 Å². The Kier molecular flexibility index (Phi) is 3.17. The van der Waals surface area contributed by atoms with Crippen LogP contribution in [0, 0.1) is 0 Å². The quantitative estimate of drug-likeness (QED) is 0.331. The molecule has 6 aromatic rings. The Bertz CT molecular complexity index is 1460. The van der Waals surface area contributed by atoms with Gasteiger partial charge in [0, 0.05) is 27.3 Å². The van der Waals surface area contributed by atoms with E-state index in [1.54, 1.807) is 0 Å². The van der Waals surface area contributed by atoms with Gasteiger partial charge in [-0.1, -0.05) is 60.7 Å². The zero-order valence-corrected chi connectivity index (χ0v) is 14.9. The molecule has 3 heteroatoms. The number of fused-ring (bicyclic) bond motifs is 4. The molecule has 0 fully saturated rings. The van der Waals surface area contributed by atoms with Crippen LogP contribution in [0.4, 0.5) is 0 Å². The third kappa shape index (κ3) is 2.26. The van der Waals surface area contributed by atoms with Gasteiger partial charge >= 0.3 is 0 Å². The molecule has 0 aliphatic carbocycles. The van der Waals surface area contributed by atoms with Crippen molar-refractivity contribution in [2.45, 2.75) is 0 Å². The standard InChI is InChI=1S/C25H15NO2/c1-2-7-16(8-3-1)23-15-17-13-14-21(26-25(17)28-23)20-11-6-10-19-18-9-4-5-12-22(18)27-24(19)20/h1-15H. The molecule has 0 saturated carbocycles. The van der Waals surface area contributed by atoms with E-state index < -0.39 is 0 Å². The van der Waals surface area contributed by atoms with E-state index in [1.165, 1.54) is 0 Å². The molecule has 3 aromatic heterocycles. The summed E-state index contributed by atoms with van der Waals surface area (Å²) in [6.45, 7) is 0. The highest BCUT2D eigenvalue weighted by Crippen LogP contribution is 2.36. The Morgan fingerprint density at radius 2 is 1.46 bits per heavy atom. The molecule has 0 N–H and O–H groups in total. The maximum atomic E-state index is 6.15. The van der Waals surface area contributed by atoms with Crippen molar-refractivity contribution in [3.05, 3.63) is 91.0 Å². The number of hydrogen-bond acceptors (Lipinski definition) is 3. The Morgan fingerprint density at radius 1 is 0.643 bits per heavy atom. The molecular weight excluding hydrogens is 346 g/mol. The summed E-state index contributed by atoms with van der Waals surface area (Å²) in [5.41, 5.74) is 5.21. The molecule has 0 radical (unpaired) electrons. The van der Waals surface area contributed by atoms with E-state index in [2.05, 4.69) is 18.2 Å². The predicted molar refractivity (Wildman–Crippen MR) is 112 cm³/mol. The van der Waals surface area contributed by atoms with Crippen molar-refractivity contribution >= 4 is 33.0 Å². The maximum absolute atomic E-state index is 6.15. The van der Waals surface area contributed by atoms with Gasteiger partial charge in [-0.15, -0.1) is 0 Å². The monoisotopic (exact) mass is 361 g/mol. The van der Waals surface area contributed by atoms with Crippen LogP contribution in [0.5, 0.6) is 0 Å². The largest absolute Gasteiger partial charge is 0.455 e. The summed E-state index contributed by atoms with van der Waals surface area (Å²) in [4.78, 5) is 4.79. The second-order valence-corrected chi connectivity index (χ2v) is 6.85. The fourth-order valence-electron chi connectivity index (χ4n) is 3.76. The number of pyridine rings is 1. The van der Waals surface area contributed by atoms with Gasteiger partial charge in [0.1, 0.15) is 16.9 Å². The van der Waals surface area contributed by atoms with Gasteiger partial charge in [0.25, 0.3) is 0 Å². The molecule has 0 amide bonds. The normalized spacial score (nSPS) is 11.6. The van der Waals surface area contributed by atoms with Gasteiger partial charge in [0.15, 0.2) is 0 Å². The van der Waals surface area contributed by atoms with Crippen LogP contribution in [0.25, 0.3) is 55.6 Å². The number of para-hydroxylation sites is 2. The maximum Gasteiger partial charge on any atom is 0.227 e. The second-order valence-electron chi connectivity index (χ2n) is 6.85. The number of hydrogen-bond donors (Lipinski definition) is 0. The minimum Gasteiger partial charge on any atom is -0.455 e. The smallest absolute Gasteiger partial charge is 0.227 e. The molecule has 0 spiro atoms. The highest BCUT2D eigenvalue weighted by Gasteiger charge is 2.14. The highest BCUT2D eigenvalue weighted by atomic mass is 16.3. The molecule has 0 unspecified atom stereocenters. The average Bonchev–Trinajstić information content (AvgIpc) is 3.35. The lowest BCUT2D eigenvalue weighted by Gasteiger charge is -2.01. The number of nitrogens with zero attached hydrogens (tertiary/aromatic N) is 1. The van der Waals surface area contributed by atoms with E-state index in [4.69, 9.17) is 13.8 Å². The van der Waals surface area contributed by atoms with Crippen molar-refractivity contribution in [3.63, 3.8) is 0 Å². The van der Waals surface area contributed by atoms with Gasteiger partial charge in [0.05, 0.1) is 5.69 Å². The molecule has 0 aliphatic heterocycles. The van der Waals surface area contributed by atoms with Crippen LogP contribution in [0.15, 0.2) is 99.8 Å². The Morgan fingerprint density at radius 3 is 2.39 bits per heavy atom. The van der Waals surface area contributed by atoms with Crippen molar-refractivity contribution in [2.75, 3.05) is 0 Å². The van der Waals surface area contributed by atoms with Crippen molar-refractivity contribution in [1.29, 1.82) is 0 Å². The third-order valence-electron chi connectivity index (χ3n) is 5.12. The van der Waals surface area contributed by atoms with E-state index in [9.17, 15) is 0 Å². The summed E-state index contributed by atoms with van der Waals surface area (Å²) >= 11 is 0. The highest BCUT2D eigenvalue weighted by molar-refractivity contribution is 6.09. The van der Waals surface area contributed by atoms with Gasteiger partial charge in [-0.05, 0) is 30.3 Å². The number of aromatic nitrogens is 1. The molecule has 28 heavy (non-hydrogen) atoms. The van der Waals surface area contributed by atoms with E-state index in [0.717, 1.165) is 49.9 Å². The summed E-state index contributed by atoms with van der Waals surface area (Å²) in [5.74, 6) is 0.821. The van der Waals surface area contributed by atoms with Gasteiger partial charge in [0.2, 0.25) is 5.71 Å². The minimum atomic E-state index is 0.629. The van der Waals surface area contributed by atoms with Crippen molar-refractivity contribution in [2.24, 2.45) is 0 Å². The van der Waals surface area contributed by atoms with Gasteiger partial charge in [-0.25, -0.2) is 4.98 Å². The summed E-state index contributed by atoms with van der Waals surface area (Å²) in [6.07, 6.45) is 0. The summed E-state index contributed by atoms with van der Waals surface area (Å²) in [5, 5.41) is 3.20. The average molecular weight is 361 g/mol. The molecule has 3 nitrogen and oxygen atoms in total. The zero-order chi connectivity index (χ0) is 18.5. The molecule has 0 saturated heterocycles. The van der Waals surface area contributed by atoms with Crippen LogP contribution in [0.1, 0.15) is 0 Å². The topological polar surface area (TPSA) is 39.2 Å². The molecule has 6 rings (SSSR count). The molecule has 0 atom stereocenters. The van der Waals surface area contributed by atoms with E-state index >= 15 is 0 Å².